The zero-order chi connectivity index (χ0) is 26.9. The molecule has 0 atom stereocenters. The molecular formula is C28H34N10O. The Bertz CT molecular complexity index is 1470. The van der Waals surface area contributed by atoms with Crippen LogP contribution in [-0.4, -0.2) is 58.7 Å². The van der Waals surface area contributed by atoms with Crippen LogP contribution in [0.25, 0.3) is 11.2 Å². The summed E-state index contributed by atoms with van der Waals surface area (Å²) in [6, 6.07) is 14.0. The van der Waals surface area contributed by atoms with Crippen molar-refractivity contribution in [3.05, 3.63) is 54.4 Å². The second-order valence-corrected chi connectivity index (χ2v) is 10.5. The normalized spacial score (nSPS) is 18.6. The molecule has 1 saturated carbocycles. The molecule has 1 aliphatic heterocycles. The molecule has 1 fully saturated rings. The molecule has 0 saturated heterocycles. The van der Waals surface area contributed by atoms with Crippen molar-refractivity contribution in [3.8, 4) is 0 Å². The summed E-state index contributed by atoms with van der Waals surface area (Å²) in [5.41, 5.74) is 12.3. The van der Waals surface area contributed by atoms with Crippen LogP contribution in [0.15, 0.2) is 48.8 Å². The van der Waals surface area contributed by atoms with E-state index >= 15 is 0 Å². The van der Waals surface area contributed by atoms with Gasteiger partial charge in [0.2, 0.25) is 5.95 Å². The summed E-state index contributed by atoms with van der Waals surface area (Å²) < 4.78 is 0. The number of carbonyl (C=O) groups is 1. The molecule has 4 aromatic rings. The van der Waals surface area contributed by atoms with Crippen LogP contribution in [-0.2, 0) is 6.42 Å². The molecule has 3 heterocycles. The maximum absolute atomic E-state index is 12.6. The number of hydrogen-bond acceptors (Lipinski definition) is 8. The van der Waals surface area contributed by atoms with Crippen molar-refractivity contribution in [1.82, 2.24) is 19.9 Å². The van der Waals surface area contributed by atoms with Crippen molar-refractivity contribution in [2.24, 2.45) is 5.73 Å². The van der Waals surface area contributed by atoms with Crippen LogP contribution in [0.3, 0.4) is 0 Å². The van der Waals surface area contributed by atoms with Gasteiger partial charge in [0.05, 0.1) is 6.33 Å². The highest BCUT2D eigenvalue weighted by Crippen LogP contribution is 2.38. The molecule has 2 aromatic heterocycles. The molecular weight excluding hydrogens is 492 g/mol. The van der Waals surface area contributed by atoms with E-state index in [2.05, 4.69) is 35.8 Å². The van der Waals surface area contributed by atoms with Crippen molar-refractivity contribution < 1.29 is 4.79 Å². The fourth-order valence-electron chi connectivity index (χ4n) is 5.36. The van der Waals surface area contributed by atoms with Crippen molar-refractivity contribution in [2.75, 3.05) is 46.4 Å². The number of nitrogens with zero attached hydrogens (tertiary/aromatic N) is 5. The van der Waals surface area contributed by atoms with Crippen LogP contribution in [0.1, 0.15) is 31.2 Å². The number of anilines is 6. The molecule has 1 aliphatic carbocycles. The van der Waals surface area contributed by atoms with Gasteiger partial charge in [0.25, 0.3) is 0 Å². The first-order chi connectivity index (χ1) is 18.9. The smallest absolute Gasteiger partial charge is 0.323 e. The van der Waals surface area contributed by atoms with Crippen molar-refractivity contribution >= 4 is 51.7 Å². The predicted molar refractivity (Wildman–Crippen MR) is 156 cm³/mol. The fourth-order valence-corrected chi connectivity index (χ4v) is 5.36. The quantitative estimate of drug-likeness (QED) is 0.248. The zero-order valence-electron chi connectivity index (χ0n) is 22.2. The highest BCUT2D eigenvalue weighted by atomic mass is 16.2. The summed E-state index contributed by atoms with van der Waals surface area (Å²) in [5, 5.41) is 9.37. The van der Waals surface area contributed by atoms with Gasteiger partial charge in [0.1, 0.15) is 5.52 Å². The molecule has 202 valence electrons. The first-order valence-corrected chi connectivity index (χ1v) is 13.4. The van der Waals surface area contributed by atoms with E-state index in [4.69, 9.17) is 10.7 Å². The summed E-state index contributed by atoms with van der Waals surface area (Å²) in [6.45, 7) is 0.770. The lowest BCUT2D eigenvalue weighted by atomic mass is 9.92. The number of amides is 2. The number of aromatic nitrogens is 4. The van der Waals surface area contributed by atoms with E-state index in [-0.39, 0.29) is 12.1 Å². The average Bonchev–Trinajstić information content (AvgIpc) is 3.57. The third-order valence-corrected chi connectivity index (χ3v) is 7.50. The predicted octanol–water partition coefficient (Wildman–Crippen LogP) is 4.44. The standard InChI is InChI=1S/C28H34N10O/c1-37(2)22-10-7-20(8-11-22)33-28(39)34-21-9-12-23-17(15-21)13-14-38(23)26-24-25(31-16-30-24)35-27(36-26)32-19-5-3-18(29)4-6-19/h7-12,15-16,18-19H,3-6,13-14,29H2,1-2H3,(H2,33,34,39)(H2,30,31,32,35,36). The number of benzene rings is 2. The lowest BCUT2D eigenvalue weighted by Gasteiger charge is -2.27. The monoisotopic (exact) mass is 526 g/mol. The molecule has 0 unspecified atom stereocenters. The number of nitrogens with one attached hydrogen (secondary N) is 4. The van der Waals surface area contributed by atoms with Crippen molar-refractivity contribution in [2.45, 2.75) is 44.2 Å². The van der Waals surface area contributed by atoms with Crippen LogP contribution in [0.4, 0.5) is 39.3 Å². The van der Waals surface area contributed by atoms with Gasteiger partial charge in [-0.1, -0.05) is 0 Å². The minimum Gasteiger partial charge on any atom is -0.378 e. The molecule has 2 aromatic carbocycles. The van der Waals surface area contributed by atoms with Crippen LogP contribution >= 0.6 is 0 Å². The van der Waals surface area contributed by atoms with E-state index in [9.17, 15) is 4.79 Å². The molecule has 0 bridgehead atoms. The van der Waals surface area contributed by atoms with Crippen LogP contribution in [0.5, 0.6) is 0 Å². The summed E-state index contributed by atoms with van der Waals surface area (Å²) in [5.74, 6) is 1.39. The van der Waals surface area contributed by atoms with Gasteiger partial charge in [-0.05, 0) is 80.1 Å². The number of rotatable bonds is 6. The number of H-pyrrole nitrogens is 1. The number of fused-ring (bicyclic) bond motifs is 2. The second kappa shape index (κ2) is 10.4. The number of nitrogens with two attached hydrogens (primary N) is 1. The Hall–Kier alpha value is -4.38. The van der Waals surface area contributed by atoms with Crippen LogP contribution in [0.2, 0.25) is 0 Å². The third kappa shape index (κ3) is 5.30. The van der Waals surface area contributed by atoms with E-state index in [1.807, 2.05) is 61.5 Å². The van der Waals surface area contributed by atoms with E-state index < -0.39 is 0 Å². The Balaban J connectivity index is 1.18. The number of imidazole rings is 1. The maximum atomic E-state index is 12.6. The van der Waals surface area contributed by atoms with Gasteiger partial charge in [-0.3, -0.25) is 0 Å². The Morgan fingerprint density at radius 2 is 1.77 bits per heavy atom. The van der Waals surface area contributed by atoms with Gasteiger partial charge < -0.3 is 36.5 Å². The van der Waals surface area contributed by atoms with Gasteiger partial charge in [-0.25, -0.2) is 9.78 Å². The Morgan fingerprint density at radius 1 is 1.03 bits per heavy atom. The molecule has 6 N–H and O–H groups in total. The molecule has 0 spiro atoms. The van der Waals surface area contributed by atoms with Gasteiger partial charge in [-0.15, -0.1) is 0 Å². The molecule has 2 aliphatic rings. The van der Waals surface area contributed by atoms with Crippen LogP contribution in [0, 0.1) is 0 Å². The summed E-state index contributed by atoms with van der Waals surface area (Å²) in [6.07, 6.45) is 6.52. The molecule has 6 rings (SSSR count). The van der Waals surface area contributed by atoms with E-state index in [0.29, 0.717) is 17.6 Å². The first-order valence-electron chi connectivity index (χ1n) is 13.4. The van der Waals surface area contributed by atoms with Gasteiger partial charge >= 0.3 is 6.03 Å². The first kappa shape index (κ1) is 24.9. The average molecular weight is 527 g/mol. The van der Waals surface area contributed by atoms with Crippen molar-refractivity contribution in [1.29, 1.82) is 0 Å². The second-order valence-electron chi connectivity index (χ2n) is 10.5. The largest absolute Gasteiger partial charge is 0.378 e. The van der Waals surface area contributed by atoms with Gasteiger partial charge in [-0.2, -0.15) is 9.97 Å². The Kier molecular flexibility index (Phi) is 6.65. The molecule has 39 heavy (non-hydrogen) atoms. The van der Waals surface area contributed by atoms with Gasteiger partial charge in [0, 0.05) is 55.5 Å². The molecule has 11 heteroatoms. The number of urea groups is 1. The highest BCUT2D eigenvalue weighted by Gasteiger charge is 2.26. The zero-order valence-corrected chi connectivity index (χ0v) is 22.2. The van der Waals surface area contributed by atoms with E-state index in [0.717, 1.165) is 78.3 Å². The van der Waals surface area contributed by atoms with E-state index in [1.54, 1.807) is 6.33 Å². The van der Waals surface area contributed by atoms with Gasteiger partial charge in [0.15, 0.2) is 11.5 Å². The summed E-state index contributed by atoms with van der Waals surface area (Å²) in [7, 11) is 3.96. The SMILES string of the molecule is CN(C)c1ccc(NC(=O)Nc2ccc3c(c2)CCN3c2nc(NC3CCC(N)CC3)nc3nc[nH]c23)cc1. The number of carbonyl (C=O) groups excluding carboxylic acids is 1. The van der Waals surface area contributed by atoms with Crippen LogP contribution < -0.4 is 31.5 Å². The molecule has 0 radical (unpaired) electrons. The molecule has 2 amide bonds. The van der Waals surface area contributed by atoms with Crippen molar-refractivity contribution in [3.63, 3.8) is 0 Å². The summed E-state index contributed by atoms with van der Waals surface area (Å²) >= 11 is 0. The Labute approximate surface area is 227 Å². The Morgan fingerprint density at radius 3 is 2.54 bits per heavy atom. The van der Waals surface area contributed by atoms with E-state index in [1.165, 1.54) is 0 Å². The minimum absolute atomic E-state index is 0.281. The lowest BCUT2D eigenvalue weighted by molar-refractivity contribution is 0.262. The maximum Gasteiger partial charge on any atom is 0.323 e. The third-order valence-electron chi connectivity index (χ3n) is 7.50. The molecule has 11 nitrogen and oxygen atoms in total. The lowest BCUT2D eigenvalue weighted by Crippen LogP contribution is -2.33. The fraction of sp³-hybridized carbons (Fsp3) is 0.357. The number of aromatic amines is 1. The highest BCUT2D eigenvalue weighted by molar-refractivity contribution is 6.00. The number of hydrogen-bond donors (Lipinski definition) is 5. The topological polar surface area (TPSA) is 140 Å². The minimum atomic E-state index is -0.281. The summed E-state index contributed by atoms with van der Waals surface area (Å²) in [4.78, 5) is 34.0.